The van der Waals surface area contributed by atoms with Crippen LogP contribution in [0.25, 0.3) is 5.69 Å². The zero-order valence-electron chi connectivity index (χ0n) is 7.82. The van der Waals surface area contributed by atoms with Gasteiger partial charge in [0.05, 0.1) is 15.5 Å². The van der Waals surface area contributed by atoms with Gasteiger partial charge in [-0.2, -0.15) is 5.10 Å². The molecule has 0 aliphatic carbocycles. The van der Waals surface area contributed by atoms with Crippen LogP contribution < -0.4 is 5.73 Å². The fourth-order valence-electron chi connectivity index (χ4n) is 1.33. The second-order valence-electron chi connectivity index (χ2n) is 3.12. The number of halogens is 2. The smallest absolute Gasteiger partial charge is 0.0660 e. The maximum atomic E-state index is 5.62. The second-order valence-corrected chi connectivity index (χ2v) is 5.29. The maximum Gasteiger partial charge on any atom is 0.0660 e. The van der Waals surface area contributed by atoms with Gasteiger partial charge in [0.25, 0.3) is 0 Å². The first-order chi connectivity index (χ1) is 7.19. The van der Waals surface area contributed by atoms with Crippen molar-refractivity contribution in [2.45, 2.75) is 6.54 Å². The fourth-order valence-corrected chi connectivity index (χ4v) is 2.24. The minimum absolute atomic E-state index is 0.533. The van der Waals surface area contributed by atoms with Gasteiger partial charge in [0.2, 0.25) is 0 Å². The number of aromatic nitrogens is 2. The van der Waals surface area contributed by atoms with Gasteiger partial charge >= 0.3 is 0 Å². The largest absolute Gasteiger partial charge is 0.326 e. The van der Waals surface area contributed by atoms with Gasteiger partial charge in [0, 0.05) is 17.2 Å². The van der Waals surface area contributed by atoms with Gasteiger partial charge in [0.1, 0.15) is 0 Å². The van der Waals surface area contributed by atoms with Crippen molar-refractivity contribution in [1.29, 1.82) is 0 Å². The molecule has 0 aliphatic rings. The second kappa shape index (κ2) is 4.63. The van der Waals surface area contributed by atoms with E-state index in [1.54, 1.807) is 0 Å². The van der Waals surface area contributed by atoms with E-state index in [9.17, 15) is 0 Å². The summed E-state index contributed by atoms with van der Waals surface area (Å²) in [5.74, 6) is 0. The Bertz CT molecular complexity index is 481. The van der Waals surface area contributed by atoms with Crippen LogP contribution in [-0.4, -0.2) is 9.78 Å². The molecule has 78 valence electrons. The lowest BCUT2D eigenvalue weighted by Crippen LogP contribution is -2.00. The first-order valence-electron chi connectivity index (χ1n) is 4.39. The Balaban J connectivity index is 2.48. The van der Waals surface area contributed by atoms with E-state index in [2.05, 4.69) is 43.6 Å². The summed E-state index contributed by atoms with van der Waals surface area (Å²) in [6.45, 7) is 0.533. The van der Waals surface area contributed by atoms with Gasteiger partial charge < -0.3 is 5.73 Å². The van der Waals surface area contributed by atoms with Gasteiger partial charge in [-0.1, -0.05) is 15.9 Å². The normalized spacial score (nSPS) is 10.6. The van der Waals surface area contributed by atoms with Crippen molar-refractivity contribution in [3.05, 3.63) is 44.2 Å². The monoisotopic (exact) mass is 377 g/mol. The maximum absolute atomic E-state index is 5.62. The molecule has 0 saturated heterocycles. The van der Waals surface area contributed by atoms with E-state index < -0.39 is 0 Å². The summed E-state index contributed by atoms with van der Waals surface area (Å²) >= 11 is 5.69. The fraction of sp³-hybridized carbons (Fsp3) is 0.100. The predicted octanol–water partition coefficient (Wildman–Crippen LogP) is 2.70. The molecular weight excluding hydrogens is 369 g/mol. The van der Waals surface area contributed by atoms with Crippen LogP contribution in [0.4, 0.5) is 0 Å². The van der Waals surface area contributed by atoms with Crippen molar-refractivity contribution in [3.63, 3.8) is 0 Å². The van der Waals surface area contributed by atoms with Crippen molar-refractivity contribution in [1.82, 2.24) is 9.78 Å². The summed E-state index contributed by atoms with van der Waals surface area (Å²) in [6, 6.07) is 6.06. The molecule has 0 atom stereocenters. The van der Waals surface area contributed by atoms with E-state index >= 15 is 0 Å². The Hall–Kier alpha value is -0.400. The zero-order valence-corrected chi connectivity index (χ0v) is 11.6. The average Bonchev–Trinajstić information content (AvgIpc) is 2.64. The van der Waals surface area contributed by atoms with E-state index in [0.29, 0.717) is 6.54 Å². The quantitative estimate of drug-likeness (QED) is 0.818. The van der Waals surface area contributed by atoms with E-state index in [-0.39, 0.29) is 0 Å². The van der Waals surface area contributed by atoms with E-state index in [1.165, 1.54) is 0 Å². The van der Waals surface area contributed by atoms with Gasteiger partial charge in [-0.25, -0.2) is 4.68 Å². The third kappa shape index (κ3) is 2.59. The molecule has 0 spiro atoms. The molecule has 0 saturated carbocycles. The molecule has 1 aromatic carbocycles. The SMILES string of the molecule is NCc1cc(Br)cc(-n2cc(I)cn2)c1. The Kier molecular flexibility index (Phi) is 3.42. The third-order valence-corrected chi connectivity index (χ3v) is 3.01. The first-order valence-corrected chi connectivity index (χ1v) is 6.26. The number of hydrogen-bond donors (Lipinski definition) is 1. The Morgan fingerprint density at radius 1 is 1.40 bits per heavy atom. The van der Waals surface area contributed by atoms with Crippen molar-refractivity contribution in [2.75, 3.05) is 0 Å². The molecule has 0 fully saturated rings. The van der Waals surface area contributed by atoms with Gasteiger partial charge in [-0.05, 0) is 46.4 Å². The Morgan fingerprint density at radius 2 is 2.20 bits per heavy atom. The summed E-state index contributed by atoms with van der Waals surface area (Å²) in [6.07, 6.45) is 3.80. The first kappa shape index (κ1) is 11.1. The molecule has 15 heavy (non-hydrogen) atoms. The summed E-state index contributed by atoms with van der Waals surface area (Å²) in [5.41, 5.74) is 7.73. The van der Waals surface area contributed by atoms with Crippen LogP contribution >= 0.6 is 38.5 Å². The van der Waals surface area contributed by atoms with Gasteiger partial charge in [-0.3, -0.25) is 0 Å². The Labute approximate surface area is 110 Å². The summed E-state index contributed by atoms with van der Waals surface area (Å²) in [7, 11) is 0. The highest BCUT2D eigenvalue weighted by molar-refractivity contribution is 14.1. The molecule has 2 N–H and O–H groups in total. The molecule has 1 heterocycles. The molecule has 3 nitrogen and oxygen atoms in total. The van der Waals surface area contributed by atoms with Crippen molar-refractivity contribution in [2.24, 2.45) is 5.73 Å². The molecule has 0 bridgehead atoms. The van der Waals surface area contributed by atoms with Crippen molar-refractivity contribution < 1.29 is 0 Å². The topological polar surface area (TPSA) is 43.8 Å². The van der Waals surface area contributed by atoms with Gasteiger partial charge in [0.15, 0.2) is 0 Å². The van der Waals surface area contributed by atoms with Crippen LogP contribution in [-0.2, 0) is 6.54 Å². The van der Waals surface area contributed by atoms with Crippen LogP contribution in [0, 0.1) is 3.57 Å². The van der Waals surface area contributed by atoms with Crippen LogP contribution in [0.15, 0.2) is 35.1 Å². The summed E-state index contributed by atoms with van der Waals surface area (Å²) in [5, 5.41) is 4.25. The number of benzene rings is 1. The minimum Gasteiger partial charge on any atom is -0.326 e. The molecule has 1 aromatic heterocycles. The van der Waals surface area contributed by atoms with E-state index in [4.69, 9.17) is 5.73 Å². The molecule has 5 heteroatoms. The van der Waals surface area contributed by atoms with Crippen LogP contribution in [0.3, 0.4) is 0 Å². The predicted molar refractivity (Wildman–Crippen MR) is 71.9 cm³/mol. The Morgan fingerprint density at radius 3 is 2.80 bits per heavy atom. The minimum atomic E-state index is 0.533. The zero-order chi connectivity index (χ0) is 10.8. The number of hydrogen-bond acceptors (Lipinski definition) is 2. The molecule has 2 aromatic rings. The number of nitrogens with zero attached hydrogens (tertiary/aromatic N) is 2. The lowest BCUT2D eigenvalue weighted by molar-refractivity contribution is 0.875. The van der Waals surface area contributed by atoms with Crippen molar-refractivity contribution >= 4 is 38.5 Å². The lowest BCUT2D eigenvalue weighted by atomic mass is 10.2. The van der Waals surface area contributed by atoms with Gasteiger partial charge in [-0.15, -0.1) is 0 Å². The molecule has 2 rings (SSSR count). The van der Waals surface area contributed by atoms with Crippen molar-refractivity contribution in [3.8, 4) is 5.69 Å². The third-order valence-electron chi connectivity index (χ3n) is 1.99. The average molecular weight is 378 g/mol. The summed E-state index contributed by atoms with van der Waals surface area (Å²) in [4.78, 5) is 0. The lowest BCUT2D eigenvalue weighted by Gasteiger charge is -2.05. The highest BCUT2D eigenvalue weighted by Crippen LogP contribution is 2.19. The molecule has 0 unspecified atom stereocenters. The van der Waals surface area contributed by atoms with Crippen LogP contribution in [0.1, 0.15) is 5.56 Å². The molecular formula is C10H9BrIN3. The summed E-state index contributed by atoms with van der Waals surface area (Å²) < 4.78 is 3.97. The number of rotatable bonds is 2. The number of nitrogens with two attached hydrogens (primary N) is 1. The molecule has 0 aliphatic heterocycles. The highest BCUT2D eigenvalue weighted by Gasteiger charge is 2.02. The van der Waals surface area contributed by atoms with Crippen LogP contribution in [0.2, 0.25) is 0 Å². The van der Waals surface area contributed by atoms with Crippen LogP contribution in [0.5, 0.6) is 0 Å². The molecule has 0 radical (unpaired) electrons. The highest BCUT2D eigenvalue weighted by atomic mass is 127. The molecule has 0 amide bonds. The standard InChI is InChI=1S/C10H9BrIN3/c11-8-1-7(4-13)2-10(3-8)15-6-9(12)5-14-15/h1-3,5-6H,4,13H2. The van der Waals surface area contributed by atoms with E-state index in [1.807, 2.05) is 35.3 Å². The van der Waals surface area contributed by atoms with E-state index in [0.717, 1.165) is 19.3 Å².